The van der Waals surface area contributed by atoms with E-state index in [-0.39, 0.29) is 5.41 Å². The molecule has 3 heteroatoms. The molecule has 0 atom stereocenters. The molecule has 16 heavy (non-hydrogen) atoms. The minimum absolute atomic E-state index is 0.219. The van der Waals surface area contributed by atoms with Gasteiger partial charge in [-0.1, -0.05) is 48.5 Å². The summed E-state index contributed by atoms with van der Waals surface area (Å²) < 4.78 is 16.1. The third-order valence-corrected chi connectivity index (χ3v) is 2.20. The van der Waals surface area contributed by atoms with E-state index in [1.165, 1.54) is 0 Å². The van der Waals surface area contributed by atoms with Crippen molar-refractivity contribution in [1.29, 1.82) is 0 Å². The minimum Gasteiger partial charge on any atom is -0.217 e. The van der Waals surface area contributed by atoms with Gasteiger partial charge >= 0.3 is 0 Å². The zero-order valence-electron chi connectivity index (χ0n) is 13.3. The van der Waals surface area contributed by atoms with Crippen molar-refractivity contribution in [3.05, 3.63) is 17.5 Å². The van der Waals surface area contributed by atoms with Crippen LogP contribution in [0.3, 0.4) is 0 Å². The normalized spacial score (nSPS) is 15.7. The average molecular weight is 223 g/mol. The van der Waals surface area contributed by atoms with Crippen LogP contribution in [0.15, 0.2) is 0 Å². The molecule has 0 spiro atoms. The van der Waals surface area contributed by atoms with Crippen LogP contribution >= 0.6 is 0 Å². The van der Waals surface area contributed by atoms with E-state index in [4.69, 9.17) is 2.74 Å². The third-order valence-electron chi connectivity index (χ3n) is 2.20. The van der Waals surface area contributed by atoms with Crippen LogP contribution in [-0.4, -0.2) is 15.0 Å². The molecular formula is C13H23N3. The Balaban J connectivity index is 3.49. The molecule has 3 nitrogen and oxygen atoms in total. The lowest BCUT2D eigenvalue weighted by Crippen LogP contribution is -2.20. The first-order chi connectivity index (χ1) is 7.82. The fourth-order valence-corrected chi connectivity index (χ4v) is 1.16. The van der Waals surface area contributed by atoms with Crippen molar-refractivity contribution in [1.82, 2.24) is 15.0 Å². The molecule has 0 fully saturated rings. The van der Waals surface area contributed by atoms with Crippen LogP contribution in [-0.2, 0) is 5.41 Å². The van der Waals surface area contributed by atoms with Crippen LogP contribution < -0.4 is 0 Å². The van der Waals surface area contributed by atoms with Crippen molar-refractivity contribution in [2.75, 3.05) is 0 Å². The molecule has 1 rings (SSSR count). The van der Waals surface area contributed by atoms with E-state index in [1.807, 2.05) is 20.8 Å². The molecule has 0 unspecified atom stereocenters. The molecule has 1 aromatic rings. The molecule has 0 amide bonds. The van der Waals surface area contributed by atoms with E-state index in [2.05, 4.69) is 15.0 Å². The Bertz CT molecular complexity index is 358. The van der Waals surface area contributed by atoms with Crippen molar-refractivity contribution >= 4 is 0 Å². The first-order valence-electron chi connectivity index (χ1n) is 6.59. The van der Waals surface area contributed by atoms with Gasteiger partial charge in [-0.2, -0.15) is 0 Å². The fourth-order valence-electron chi connectivity index (χ4n) is 1.16. The van der Waals surface area contributed by atoms with Gasteiger partial charge in [0, 0.05) is 19.9 Å². The second-order valence-electron chi connectivity index (χ2n) is 5.56. The monoisotopic (exact) mass is 223 g/mol. The van der Waals surface area contributed by atoms with Gasteiger partial charge in [-0.15, -0.1) is 0 Å². The third kappa shape index (κ3) is 3.00. The van der Waals surface area contributed by atoms with Crippen LogP contribution in [0.25, 0.3) is 0 Å². The van der Waals surface area contributed by atoms with Gasteiger partial charge in [-0.25, -0.2) is 15.0 Å². The maximum atomic E-state index is 8.06. The zero-order valence-corrected chi connectivity index (χ0v) is 11.3. The predicted molar refractivity (Wildman–Crippen MR) is 66.7 cm³/mol. The van der Waals surface area contributed by atoms with Crippen LogP contribution in [0, 0.1) is 0 Å². The highest BCUT2D eigenvalue weighted by Gasteiger charge is 2.21. The van der Waals surface area contributed by atoms with Gasteiger partial charge in [-0.05, 0) is 0 Å². The maximum absolute atomic E-state index is 8.06. The van der Waals surface area contributed by atoms with E-state index in [1.54, 1.807) is 27.7 Å². The highest BCUT2D eigenvalue weighted by atomic mass is 15.0. The lowest BCUT2D eigenvalue weighted by molar-refractivity contribution is 0.520. The molecule has 0 aliphatic carbocycles. The molecule has 0 aliphatic rings. The van der Waals surface area contributed by atoms with Crippen molar-refractivity contribution < 1.29 is 2.74 Å². The standard InChI is InChI=1S/C13H23N3/c1-8(2)10-14-11(9(3)4)16-12(15-10)13(5,6)7/h8-9H,1-7H3/i8D,9D. The molecule has 0 bridgehead atoms. The topological polar surface area (TPSA) is 38.7 Å². The van der Waals surface area contributed by atoms with E-state index < -0.39 is 11.8 Å². The van der Waals surface area contributed by atoms with Crippen LogP contribution in [0.2, 0.25) is 0 Å². The number of hydrogen-bond acceptors (Lipinski definition) is 3. The van der Waals surface area contributed by atoms with Gasteiger partial charge in [0.05, 0.1) is 0 Å². The van der Waals surface area contributed by atoms with Crippen LogP contribution in [0.4, 0.5) is 0 Å². The highest BCUT2D eigenvalue weighted by molar-refractivity contribution is 5.09. The molecule has 0 aromatic carbocycles. The number of rotatable bonds is 2. The second kappa shape index (κ2) is 4.48. The second-order valence-corrected chi connectivity index (χ2v) is 5.56. The van der Waals surface area contributed by atoms with Crippen LogP contribution in [0.1, 0.15) is 80.5 Å². The van der Waals surface area contributed by atoms with Crippen molar-refractivity contribution in [2.45, 2.75) is 65.7 Å². The first kappa shape index (κ1) is 10.2. The fraction of sp³-hybridized carbons (Fsp3) is 0.769. The number of hydrogen-bond donors (Lipinski definition) is 0. The summed E-state index contributed by atoms with van der Waals surface area (Å²) in [5, 5.41) is 0. The van der Waals surface area contributed by atoms with Gasteiger partial charge in [0.1, 0.15) is 17.5 Å². The van der Waals surface area contributed by atoms with Gasteiger partial charge in [0.25, 0.3) is 0 Å². The summed E-state index contributed by atoms with van der Waals surface area (Å²) in [6.45, 7) is 13.0. The highest BCUT2D eigenvalue weighted by Crippen LogP contribution is 2.22. The largest absolute Gasteiger partial charge is 0.217 e. The zero-order chi connectivity index (χ0) is 14.4. The van der Waals surface area contributed by atoms with E-state index >= 15 is 0 Å². The summed E-state index contributed by atoms with van der Waals surface area (Å²) in [7, 11) is 0. The van der Waals surface area contributed by atoms with Gasteiger partial charge in [-0.3, -0.25) is 0 Å². The summed E-state index contributed by atoms with van der Waals surface area (Å²) in [5.74, 6) is -0.273. The molecule has 0 saturated carbocycles. The van der Waals surface area contributed by atoms with Crippen molar-refractivity contribution in [2.24, 2.45) is 0 Å². The summed E-state index contributed by atoms with van der Waals surface area (Å²) in [4.78, 5) is 13.1. The molecule has 0 saturated heterocycles. The molecule has 1 heterocycles. The van der Waals surface area contributed by atoms with Gasteiger partial charge < -0.3 is 0 Å². The van der Waals surface area contributed by atoms with E-state index in [0.29, 0.717) is 17.5 Å². The van der Waals surface area contributed by atoms with Crippen molar-refractivity contribution in [3.63, 3.8) is 0 Å². The summed E-state index contributed by atoms with van der Waals surface area (Å²) in [6, 6.07) is 0. The quantitative estimate of drug-likeness (QED) is 0.771. The summed E-state index contributed by atoms with van der Waals surface area (Å²) in [5.41, 5.74) is -0.219. The molecule has 0 radical (unpaired) electrons. The van der Waals surface area contributed by atoms with Crippen LogP contribution in [0.5, 0.6) is 0 Å². The van der Waals surface area contributed by atoms with Crippen molar-refractivity contribution in [3.8, 4) is 0 Å². The first-order valence-corrected chi connectivity index (χ1v) is 5.59. The molecule has 90 valence electrons. The van der Waals surface area contributed by atoms with E-state index in [9.17, 15) is 0 Å². The minimum atomic E-state index is -0.886. The Labute approximate surface area is 102 Å². The Morgan fingerprint density at radius 1 is 0.875 bits per heavy atom. The molecule has 0 N–H and O–H groups in total. The number of nitrogens with zero attached hydrogens (tertiary/aromatic N) is 3. The van der Waals surface area contributed by atoms with E-state index in [0.717, 1.165) is 0 Å². The van der Waals surface area contributed by atoms with Gasteiger partial charge in [0.15, 0.2) is 0 Å². The molecule has 1 aromatic heterocycles. The molecule has 0 aliphatic heterocycles. The Morgan fingerprint density at radius 2 is 1.25 bits per heavy atom. The number of aromatic nitrogens is 3. The average Bonchev–Trinajstić information content (AvgIpc) is 2.13. The Kier molecular flexibility index (Phi) is 2.85. The van der Waals surface area contributed by atoms with Gasteiger partial charge in [0.2, 0.25) is 0 Å². The predicted octanol–water partition coefficient (Wildman–Crippen LogP) is 3.42. The maximum Gasteiger partial charge on any atom is 0.137 e. The Morgan fingerprint density at radius 3 is 1.50 bits per heavy atom. The summed E-state index contributed by atoms with van der Waals surface area (Å²) in [6.07, 6.45) is 0. The SMILES string of the molecule is [2H]C(C)(C)c1nc(C([2H])(C)C)nc(C(C)(C)C)n1. The lowest BCUT2D eigenvalue weighted by atomic mass is 9.95. The Hall–Kier alpha value is -0.990. The smallest absolute Gasteiger partial charge is 0.137 e. The summed E-state index contributed by atoms with van der Waals surface area (Å²) >= 11 is 0. The lowest BCUT2D eigenvalue weighted by Gasteiger charge is -2.19. The molecular weight excluding hydrogens is 198 g/mol.